The molecule has 226 valence electrons. The minimum absolute atomic E-state index is 0.256. The number of unbranched alkanes of at least 4 members (excludes halogenated alkanes) is 17. The van der Waals surface area contributed by atoms with Gasteiger partial charge in [0, 0.05) is 33.0 Å². The molecule has 38 heavy (non-hydrogen) atoms. The molecule has 0 N–H and O–H groups in total. The van der Waals surface area contributed by atoms with E-state index >= 15 is 0 Å². The first-order valence-electron chi connectivity index (χ1n) is 16.7. The van der Waals surface area contributed by atoms with Crippen molar-refractivity contribution in [2.45, 2.75) is 155 Å². The average molecular weight is 541 g/mol. The number of nitrogens with zero attached hydrogens (tertiary/aromatic N) is 1. The lowest BCUT2D eigenvalue weighted by Crippen LogP contribution is -2.41. The fraction of sp³-hybridized carbons (Fsp3) is 0.970. The highest BCUT2D eigenvalue weighted by Crippen LogP contribution is 2.18. The first kappa shape index (κ1) is 35.4. The van der Waals surface area contributed by atoms with Gasteiger partial charge in [-0.25, -0.2) is 0 Å². The molecule has 1 aliphatic rings. The fourth-order valence-electron chi connectivity index (χ4n) is 5.73. The predicted octanol–water partition coefficient (Wildman–Crippen LogP) is 8.62. The highest BCUT2D eigenvalue weighted by molar-refractivity contribution is 5.66. The molecule has 1 fully saturated rings. The number of carbonyl (C=O) groups excluding carboxylic acids is 1. The van der Waals surface area contributed by atoms with Crippen molar-refractivity contribution in [3.63, 3.8) is 0 Å². The van der Waals surface area contributed by atoms with Gasteiger partial charge in [-0.2, -0.15) is 0 Å². The number of esters is 1. The van der Waals surface area contributed by atoms with Crippen LogP contribution in [0.15, 0.2) is 0 Å². The molecule has 1 unspecified atom stereocenters. The quantitative estimate of drug-likeness (QED) is 0.0566. The summed E-state index contributed by atoms with van der Waals surface area (Å²) >= 11 is 0. The smallest absolute Gasteiger partial charge is 0.303 e. The first-order valence-corrected chi connectivity index (χ1v) is 16.7. The monoisotopic (exact) mass is 540 g/mol. The van der Waals surface area contributed by atoms with Crippen LogP contribution < -0.4 is 0 Å². The summed E-state index contributed by atoms with van der Waals surface area (Å²) in [6, 6.07) is 0. The van der Waals surface area contributed by atoms with Crippen LogP contribution in [0.2, 0.25) is 0 Å². The van der Waals surface area contributed by atoms with Gasteiger partial charge in [0.2, 0.25) is 0 Å². The summed E-state index contributed by atoms with van der Waals surface area (Å²) in [5, 5.41) is 0. The van der Waals surface area contributed by atoms with Gasteiger partial charge in [0.1, 0.15) is 6.10 Å². The Morgan fingerprint density at radius 1 is 0.632 bits per heavy atom. The van der Waals surface area contributed by atoms with E-state index in [0.717, 1.165) is 26.1 Å². The minimum atomic E-state index is -0.288. The minimum Gasteiger partial charge on any atom is -0.458 e. The summed E-state index contributed by atoms with van der Waals surface area (Å²) in [5.41, 5.74) is 0. The summed E-state index contributed by atoms with van der Waals surface area (Å²) in [6.45, 7) is 10.2. The maximum absolute atomic E-state index is 11.4. The highest BCUT2D eigenvalue weighted by Gasteiger charge is 2.25. The molecule has 1 saturated heterocycles. The zero-order chi connectivity index (χ0) is 27.6. The van der Waals surface area contributed by atoms with E-state index in [1.54, 1.807) is 0 Å². The molecule has 1 aliphatic heterocycles. The molecule has 0 radical (unpaired) electrons. The summed E-state index contributed by atoms with van der Waals surface area (Å²) < 4.78 is 18.3. The lowest BCUT2D eigenvalue weighted by atomic mass is 10.0. The summed E-state index contributed by atoms with van der Waals surface area (Å²) in [4.78, 5) is 11.4. The summed E-state index contributed by atoms with van der Waals surface area (Å²) in [5.74, 6) is -0.256. The maximum atomic E-state index is 11.4. The van der Waals surface area contributed by atoms with Gasteiger partial charge in [-0.05, 0) is 25.7 Å². The van der Waals surface area contributed by atoms with Crippen LogP contribution in [0.4, 0.5) is 0 Å². The average Bonchev–Trinajstić information content (AvgIpc) is 3.33. The molecule has 1 heterocycles. The van der Waals surface area contributed by atoms with Gasteiger partial charge >= 0.3 is 5.97 Å². The number of quaternary nitrogens is 1. The van der Waals surface area contributed by atoms with Crippen molar-refractivity contribution >= 4 is 5.97 Å². The Labute approximate surface area is 237 Å². The Hall–Kier alpha value is -0.650. The van der Waals surface area contributed by atoms with Crippen LogP contribution in [0.25, 0.3) is 0 Å². The lowest BCUT2D eigenvalue weighted by Gasteiger charge is -2.29. The van der Waals surface area contributed by atoms with Crippen molar-refractivity contribution < 1.29 is 23.5 Å². The zero-order valence-electron chi connectivity index (χ0n) is 26.0. The topological polar surface area (TPSA) is 44.8 Å². The number of hydrogen-bond acceptors (Lipinski definition) is 4. The summed E-state index contributed by atoms with van der Waals surface area (Å²) in [7, 11) is 2.42. The van der Waals surface area contributed by atoms with E-state index in [2.05, 4.69) is 14.0 Å². The van der Waals surface area contributed by atoms with Gasteiger partial charge in [0.05, 0.1) is 39.9 Å². The number of ether oxygens (including phenoxy) is 3. The van der Waals surface area contributed by atoms with Gasteiger partial charge in [-0.3, -0.25) is 4.79 Å². The van der Waals surface area contributed by atoms with E-state index in [0.29, 0.717) is 13.2 Å². The zero-order valence-corrected chi connectivity index (χ0v) is 26.0. The highest BCUT2D eigenvalue weighted by atomic mass is 16.6. The van der Waals surface area contributed by atoms with Crippen LogP contribution in [0.3, 0.4) is 0 Å². The van der Waals surface area contributed by atoms with E-state index in [9.17, 15) is 4.79 Å². The summed E-state index contributed by atoms with van der Waals surface area (Å²) in [6.07, 6.45) is 27.9. The van der Waals surface area contributed by atoms with Crippen LogP contribution >= 0.6 is 0 Å². The van der Waals surface area contributed by atoms with Crippen LogP contribution in [-0.2, 0) is 19.0 Å². The number of likely N-dealkylation sites (tertiary alicyclic amines) is 1. The predicted molar refractivity (Wildman–Crippen MR) is 161 cm³/mol. The lowest BCUT2D eigenvalue weighted by molar-refractivity contribution is -0.897. The molecule has 1 atom stereocenters. The molecule has 5 heteroatoms. The second kappa shape index (κ2) is 25.3. The number of rotatable bonds is 28. The Morgan fingerprint density at radius 2 is 1.03 bits per heavy atom. The molecule has 0 spiro atoms. The normalized spacial score (nSPS) is 15.7. The van der Waals surface area contributed by atoms with Crippen molar-refractivity contribution in [2.75, 3.05) is 53.1 Å². The first-order chi connectivity index (χ1) is 18.6. The van der Waals surface area contributed by atoms with Gasteiger partial charge < -0.3 is 18.7 Å². The molecule has 0 saturated carbocycles. The van der Waals surface area contributed by atoms with E-state index < -0.39 is 0 Å². The number of hydrogen-bond donors (Lipinski definition) is 0. The Kier molecular flexibility index (Phi) is 23.6. The fourth-order valence-corrected chi connectivity index (χ4v) is 5.73. The third kappa shape index (κ3) is 22.2. The molecule has 0 bridgehead atoms. The van der Waals surface area contributed by atoms with Crippen molar-refractivity contribution in [3.05, 3.63) is 0 Å². The van der Waals surface area contributed by atoms with Gasteiger partial charge in [0.25, 0.3) is 0 Å². The Balaban J connectivity index is 1.88. The largest absolute Gasteiger partial charge is 0.458 e. The van der Waals surface area contributed by atoms with Crippen LogP contribution in [-0.4, -0.2) is 69.7 Å². The standard InChI is InChI=1S/C33H66NO4/c1-4-5-6-7-8-9-10-11-12-13-14-15-18-23-28-36-30-33(38-32(2)35)31-37-29-24-19-16-17-20-25-34(3)26-21-22-27-34/h33H,4-31H2,1-3H3/q+1. The third-order valence-electron chi connectivity index (χ3n) is 8.21. The van der Waals surface area contributed by atoms with Crippen LogP contribution in [0.5, 0.6) is 0 Å². The van der Waals surface area contributed by atoms with Gasteiger partial charge in [-0.1, -0.05) is 103 Å². The molecule has 0 aromatic carbocycles. The Morgan fingerprint density at radius 3 is 1.45 bits per heavy atom. The second-order valence-corrected chi connectivity index (χ2v) is 12.2. The number of carbonyl (C=O) groups is 1. The van der Waals surface area contributed by atoms with Gasteiger partial charge in [0.15, 0.2) is 0 Å². The molecule has 1 rings (SSSR count). The second-order valence-electron chi connectivity index (χ2n) is 12.2. The van der Waals surface area contributed by atoms with E-state index in [4.69, 9.17) is 14.2 Å². The van der Waals surface area contributed by atoms with Crippen LogP contribution in [0.1, 0.15) is 149 Å². The van der Waals surface area contributed by atoms with Gasteiger partial charge in [-0.15, -0.1) is 0 Å². The molecule has 0 aromatic rings. The molecular formula is C33H66NO4+. The maximum Gasteiger partial charge on any atom is 0.303 e. The Bertz CT molecular complexity index is 521. The van der Waals surface area contributed by atoms with E-state index in [1.807, 2.05) is 0 Å². The van der Waals surface area contributed by atoms with Crippen molar-refractivity contribution in [1.82, 2.24) is 0 Å². The van der Waals surface area contributed by atoms with Crippen molar-refractivity contribution in [2.24, 2.45) is 0 Å². The van der Waals surface area contributed by atoms with E-state index in [-0.39, 0.29) is 12.1 Å². The molecule has 0 amide bonds. The molecule has 0 aliphatic carbocycles. The molecular weight excluding hydrogens is 474 g/mol. The SMILES string of the molecule is CCCCCCCCCCCCCCCCOCC(COCCCCCCC[N+]1(C)CCCC1)OC(C)=O. The van der Waals surface area contributed by atoms with E-state index in [1.165, 1.54) is 153 Å². The molecule has 5 nitrogen and oxygen atoms in total. The molecule has 0 aromatic heterocycles. The van der Waals surface area contributed by atoms with Crippen LogP contribution in [0, 0.1) is 0 Å². The van der Waals surface area contributed by atoms with Crippen molar-refractivity contribution in [3.8, 4) is 0 Å². The van der Waals surface area contributed by atoms with Crippen molar-refractivity contribution in [1.29, 1.82) is 0 Å². The third-order valence-corrected chi connectivity index (χ3v) is 8.21.